The molecule has 0 saturated carbocycles. The molecule has 0 bridgehead atoms. The summed E-state index contributed by atoms with van der Waals surface area (Å²) in [5, 5.41) is 0. The molecule has 0 fully saturated rings. The van der Waals surface area contributed by atoms with Crippen LogP contribution in [0.25, 0.3) is 0 Å². The molecule has 0 N–H and O–H groups in total. The minimum absolute atomic E-state index is 0.249. The molecular formula is C11H14O2S. The zero-order chi connectivity index (χ0) is 10.4. The third-order valence-electron chi connectivity index (χ3n) is 1.68. The van der Waals surface area contributed by atoms with E-state index in [2.05, 4.69) is 6.92 Å². The van der Waals surface area contributed by atoms with Crippen LogP contribution in [-0.2, 0) is 4.74 Å². The Hall–Kier alpha value is -0.960. The quantitative estimate of drug-likeness (QED) is 0.564. The normalized spacial score (nSPS) is 9.86. The predicted molar refractivity (Wildman–Crippen MR) is 58.8 cm³/mol. The zero-order valence-electron chi connectivity index (χ0n) is 8.45. The van der Waals surface area contributed by atoms with Crippen LogP contribution in [0.15, 0.2) is 29.2 Å². The Bertz CT molecular complexity index is 293. The molecule has 0 unspecified atom stereocenters. The summed E-state index contributed by atoms with van der Waals surface area (Å²) < 4.78 is 4.88. The summed E-state index contributed by atoms with van der Waals surface area (Å²) in [7, 11) is 0. The Morgan fingerprint density at radius 3 is 2.43 bits per heavy atom. The fourth-order valence-electron chi connectivity index (χ4n) is 1.07. The van der Waals surface area contributed by atoms with Crippen LogP contribution in [0.1, 0.15) is 24.2 Å². The molecule has 0 spiro atoms. The Morgan fingerprint density at radius 1 is 1.29 bits per heavy atom. The number of carbonyl (C=O) groups excluding carboxylic acids is 1. The maximum atomic E-state index is 11.3. The number of benzene rings is 1. The zero-order valence-corrected chi connectivity index (χ0v) is 9.26. The average molecular weight is 210 g/mol. The molecule has 0 heterocycles. The van der Waals surface area contributed by atoms with E-state index in [0.717, 1.165) is 5.75 Å². The first-order valence-electron chi connectivity index (χ1n) is 4.68. The van der Waals surface area contributed by atoms with Crippen molar-refractivity contribution in [2.75, 3.05) is 12.4 Å². The molecule has 3 heteroatoms. The fraction of sp³-hybridized carbons (Fsp3) is 0.364. The Kier molecular flexibility index (Phi) is 4.53. The summed E-state index contributed by atoms with van der Waals surface area (Å²) in [5.41, 5.74) is 0.618. The van der Waals surface area contributed by atoms with E-state index in [-0.39, 0.29) is 5.97 Å². The van der Waals surface area contributed by atoms with Crippen molar-refractivity contribution >= 4 is 17.7 Å². The molecular weight excluding hydrogens is 196 g/mol. The van der Waals surface area contributed by atoms with Gasteiger partial charge in [-0.2, -0.15) is 0 Å². The van der Waals surface area contributed by atoms with E-state index in [1.807, 2.05) is 12.1 Å². The molecule has 0 atom stereocenters. The molecule has 1 aromatic carbocycles. The molecule has 14 heavy (non-hydrogen) atoms. The molecule has 0 amide bonds. The third kappa shape index (κ3) is 3.07. The van der Waals surface area contributed by atoms with E-state index in [0.29, 0.717) is 12.2 Å². The molecule has 2 nitrogen and oxygen atoms in total. The minimum Gasteiger partial charge on any atom is -0.462 e. The first-order valence-corrected chi connectivity index (χ1v) is 5.66. The molecule has 0 aromatic heterocycles. The van der Waals surface area contributed by atoms with Gasteiger partial charge in [-0.3, -0.25) is 0 Å². The molecule has 1 rings (SSSR count). The minimum atomic E-state index is -0.249. The monoisotopic (exact) mass is 210 g/mol. The molecule has 0 aliphatic rings. The Balaban J connectivity index is 2.67. The lowest BCUT2D eigenvalue weighted by molar-refractivity contribution is 0.0526. The maximum Gasteiger partial charge on any atom is 0.338 e. The fourth-order valence-corrected chi connectivity index (χ4v) is 1.73. The lowest BCUT2D eigenvalue weighted by Gasteiger charge is -2.02. The second-order valence-corrected chi connectivity index (χ2v) is 4.02. The molecule has 0 radical (unpaired) electrons. The SMILES string of the molecule is CCOC(=O)c1ccc(SCC)cc1. The summed E-state index contributed by atoms with van der Waals surface area (Å²) in [4.78, 5) is 12.5. The summed E-state index contributed by atoms with van der Waals surface area (Å²) in [6.07, 6.45) is 0. The van der Waals surface area contributed by atoms with Crippen molar-refractivity contribution in [3.05, 3.63) is 29.8 Å². The lowest BCUT2D eigenvalue weighted by atomic mass is 10.2. The third-order valence-corrected chi connectivity index (χ3v) is 2.57. The molecule has 0 aliphatic heterocycles. The number of carbonyl (C=O) groups is 1. The molecule has 0 aliphatic carbocycles. The summed E-state index contributed by atoms with van der Waals surface area (Å²) in [5.74, 6) is 0.791. The van der Waals surface area contributed by atoms with Crippen molar-refractivity contribution < 1.29 is 9.53 Å². The van der Waals surface area contributed by atoms with Crippen molar-refractivity contribution in [3.63, 3.8) is 0 Å². The number of rotatable bonds is 4. The second kappa shape index (κ2) is 5.70. The topological polar surface area (TPSA) is 26.3 Å². The van der Waals surface area contributed by atoms with Gasteiger partial charge in [0.25, 0.3) is 0 Å². The van der Waals surface area contributed by atoms with E-state index in [4.69, 9.17) is 4.74 Å². The Morgan fingerprint density at radius 2 is 1.93 bits per heavy atom. The number of hydrogen-bond acceptors (Lipinski definition) is 3. The van der Waals surface area contributed by atoms with Crippen molar-refractivity contribution in [2.45, 2.75) is 18.7 Å². The standard InChI is InChI=1S/C11H14O2S/c1-3-13-11(12)9-5-7-10(8-6-9)14-4-2/h5-8H,3-4H2,1-2H3. The highest BCUT2D eigenvalue weighted by Crippen LogP contribution is 2.17. The highest BCUT2D eigenvalue weighted by atomic mass is 32.2. The summed E-state index contributed by atoms with van der Waals surface area (Å²) in [6, 6.07) is 7.49. The van der Waals surface area contributed by atoms with Crippen molar-refractivity contribution in [1.29, 1.82) is 0 Å². The van der Waals surface area contributed by atoms with Gasteiger partial charge < -0.3 is 4.74 Å². The van der Waals surface area contributed by atoms with E-state index in [1.54, 1.807) is 30.8 Å². The van der Waals surface area contributed by atoms with Crippen LogP contribution in [0.2, 0.25) is 0 Å². The van der Waals surface area contributed by atoms with Crippen LogP contribution in [0.4, 0.5) is 0 Å². The predicted octanol–water partition coefficient (Wildman–Crippen LogP) is 2.98. The summed E-state index contributed by atoms with van der Waals surface area (Å²) >= 11 is 1.76. The lowest BCUT2D eigenvalue weighted by Crippen LogP contribution is -2.03. The summed E-state index contributed by atoms with van der Waals surface area (Å²) in [6.45, 7) is 4.33. The van der Waals surface area contributed by atoms with Gasteiger partial charge >= 0.3 is 5.97 Å². The average Bonchev–Trinajstić information content (AvgIpc) is 2.20. The van der Waals surface area contributed by atoms with E-state index in [9.17, 15) is 4.79 Å². The Labute approximate surface area is 88.7 Å². The van der Waals surface area contributed by atoms with Gasteiger partial charge in [0.15, 0.2) is 0 Å². The van der Waals surface area contributed by atoms with Gasteiger partial charge in [0.2, 0.25) is 0 Å². The smallest absolute Gasteiger partial charge is 0.338 e. The molecule has 0 saturated heterocycles. The highest BCUT2D eigenvalue weighted by Gasteiger charge is 2.04. The van der Waals surface area contributed by atoms with Gasteiger partial charge in [-0.1, -0.05) is 6.92 Å². The first-order chi connectivity index (χ1) is 6.77. The van der Waals surface area contributed by atoms with Gasteiger partial charge in [-0.05, 0) is 36.9 Å². The highest BCUT2D eigenvalue weighted by molar-refractivity contribution is 7.99. The van der Waals surface area contributed by atoms with Crippen LogP contribution in [0, 0.1) is 0 Å². The molecule has 76 valence electrons. The van der Waals surface area contributed by atoms with Crippen LogP contribution >= 0.6 is 11.8 Å². The first kappa shape index (κ1) is 11.1. The maximum absolute atomic E-state index is 11.3. The number of thioether (sulfide) groups is 1. The van der Waals surface area contributed by atoms with Crippen molar-refractivity contribution in [3.8, 4) is 0 Å². The van der Waals surface area contributed by atoms with Gasteiger partial charge in [0.05, 0.1) is 12.2 Å². The van der Waals surface area contributed by atoms with Crippen molar-refractivity contribution in [1.82, 2.24) is 0 Å². The van der Waals surface area contributed by atoms with Crippen LogP contribution in [0.5, 0.6) is 0 Å². The van der Waals surface area contributed by atoms with Crippen molar-refractivity contribution in [2.24, 2.45) is 0 Å². The van der Waals surface area contributed by atoms with Gasteiger partial charge in [0, 0.05) is 4.90 Å². The van der Waals surface area contributed by atoms with Crippen LogP contribution in [0.3, 0.4) is 0 Å². The number of esters is 1. The van der Waals surface area contributed by atoms with Crippen LogP contribution < -0.4 is 0 Å². The van der Waals surface area contributed by atoms with Gasteiger partial charge in [-0.25, -0.2) is 4.79 Å². The van der Waals surface area contributed by atoms with E-state index < -0.39 is 0 Å². The molecule has 1 aromatic rings. The van der Waals surface area contributed by atoms with Crippen LogP contribution in [-0.4, -0.2) is 18.3 Å². The van der Waals surface area contributed by atoms with Gasteiger partial charge in [-0.15, -0.1) is 11.8 Å². The van der Waals surface area contributed by atoms with E-state index in [1.165, 1.54) is 4.90 Å². The van der Waals surface area contributed by atoms with Gasteiger partial charge in [0.1, 0.15) is 0 Å². The second-order valence-electron chi connectivity index (χ2n) is 2.68. The number of hydrogen-bond donors (Lipinski definition) is 0. The number of ether oxygens (including phenoxy) is 1. The van der Waals surface area contributed by atoms with E-state index >= 15 is 0 Å². The largest absolute Gasteiger partial charge is 0.462 e.